The summed E-state index contributed by atoms with van der Waals surface area (Å²) in [5, 5.41) is 6.17. The maximum Gasteiger partial charge on any atom is 0.409 e. The Morgan fingerprint density at radius 1 is 1.06 bits per heavy atom. The molecule has 0 aliphatic carbocycles. The Bertz CT molecular complexity index is 1190. The summed E-state index contributed by atoms with van der Waals surface area (Å²) < 4.78 is 18.3. The van der Waals surface area contributed by atoms with Crippen LogP contribution in [0.25, 0.3) is 0 Å². The maximum atomic E-state index is 13.5. The topological polar surface area (TPSA) is 99.7 Å². The Kier molecular flexibility index (Phi) is 8.28. The van der Waals surface area contributed by atoms with Crippen LogP contribution in [0, 0.1) is 5.82 Å². The van der Waals surface area contributed by atoms with E-state index in [1.54, 1.807) is 29.4 Å². The Morgan fingerprint density at radius 3 is 2.58 bits per heavy atom. The van der Waals surface area contributed by atoms with E-state index < -0.39 is 0 Å². The van der Waals surface area contributed by atoms with Gasteiger partial charge in [0.1, 0.15) is 17.5 Å². The molecule has 188 valence electrons. The predicted molar refractivity (Wildman–Crippen MR) is 134 cm³/mol. The molecule has 0 saturated carbocycles. The number of benzene rings is 1. The number of hydrogen-bond acceptors (Lipinski definition) is 7. The van der Waals surface area contributed by atoms with Crippen molar-refractivity contribution in [3.8, 4) is 0 Å². The van der Waals surface area contributed by atoms with Gasteiger partial charge in [0.2, 0.25) is 0 Å². The largest absolute Gasteiger partial charge is 0.453 e. The van der Waals surface area contributed by atoms with Gasteiger partial charge in [-0.2, -0.15) is 0 Å². The van der Waals surface area contributed by atoms with Crippen LogP contribution in [0.5, 0.6) is 0 Å². The number of nitrogens with zero attached hydrogens (tertiary/aromatic N) is 4. The molecule has 1 fully saturated rings. The number of hydrogen-bond donors (Lipinski definition) is 2. The van der Waals surface area contributed by atoms with E-state index in [2.05, 4.69) is 20.5 Å². The first-order chi connectivity index (χ1) is 17.5. The quantitative estimate of drug-likeness (QED) is 0.499. The molecule has 2 aromatic heterocycles. The van der Waals surface area contributed by atoms with Crippen LogP contribution < -0.4 is 15.5 Å². The minimum atomic E-state index is -0.344. The van der Waals surface area contributed by atoms with Gasteiger partial charge in [-0.15, -0.1) is 0 Å². The smallest absolute Gasteiger partial charge is 0.409 e. The van der Waals surface area contributed by atoms with Gasteiger partial charge in [-0.1, -0.05) is 18.2 Å². The lowest BCUT2D eigenvalue weighted by Gasteiger charge is -2.34. The molecular formula is C26H29FN6O3. The fraction of sp³-hybridized carbons (Fsp3) is 0.308. The molecule has 1 aliphatic heterocycles. The van der Waals surface area contributed by atoms with Gasteiger partial charge in [0.25, 0.3) is 5.91 Å². The molecule has 0 atom stereocenters. The van der Waals surface area contributed by atoms with E-state index in [0.717, 1.165) is 11.1 Å². The van der Waals surface area contributed by atoms with Crippen LogP contribution in [0.4, 0.5) is 20.8 Å². The molecule has 4 rings (SSSR count). The van der Waals surface area contributed by atoms with Gasteiger partial charge < -0.3 is 25.2 Å². The third-order valence-corrected chi connectivity index (χ3v) is 5.93. The van der Waals surface area contributed by atoms with Crippen molar-refractivity contribution in [2.75, 3.05) is 50.1 Å². The molecule has 3 heterocycles. The number of ether oxygens (including phenoxy) is 1. The number of methoxy groups -OCH3 is 1. The summed E-state index contributed by atoms with van der Waals surface area (Å²) in [4.78, 5) is 37.3. The normalized spacial score (nSPS) is 13.3. The summed E-state index contributed by atoms with van der Waals surface area (Å²) in [6, 6.07) is 13.7. The number of nitrogens with one attached hydrogen (secondary N) is 2. The first-order valence-corrected chi connectivity index (χ1v) is 11.8. The highest BCUT2D eigenvalue weighted by molar-refractivity contribution is 5.99. The van der Waals surface area contributed by atoms with E-state index in [1.807, 2.05) is 24.3 Å². The SMILES string of the molecule is COC(=O)N1CCN(c2ccc(C(=O)NCc3cccnc3)c(NCCc3cccc(F)c3)n2)CC1. The third kappa shape index (κ3) is 6.47. The van der Waals surface area contributed by atoms with Crippen molar-refractivity contribution >= 4 is 23.6 Å². The molecule has 0 radical (unpaired) electrons. The second kappa shape index (κ2) is 12.0. The molecule has 2 amide bonds. The molecule has 2 N–H and O–H groups in total. The second-order valence-corrected chi connectivity index (χ2v) is 8.36. The molecule has 3 aromatic rings. The number of halogens is 1. The van der Waals surface area contributed by atoms with E-state index in [4.69, 9.17) is 9.72 Å². The lowest BCUT2D eigenvalue weighted by molar-refractivity contribution is 0.0951. The minimum absolute atomic E-state index is 0.262. The zero-order chi connectivity index (χ0) is 25.3. The molecule has 0 unspecified atom stereocenters. The van der Waals surface area contributed by atoms with Crippen molar-refractivity contribution in [3.05, 3.63) is 83.4 Å². The van der Waals surface area contributed by atoms with Crippen LogP contribution in [0.3, 0.4) is 0 Å². The van der Waals surface area contributed by atoms with Gasteiger partial charge in [0, 0.05) is 51.7 Å². The zero-order valence-electron chi connectivity index (χ0n) is 20.1. The monoisotopic (exact) mass is 492 g/mol. The lowest BCUT2D eigenvalue weighted by atomic mass is 10.1. The molecule has 1 saturated heterocycles. The van der Waals surface area contributed by atoms with Gasteiger partial charge >= 0.3 is 6.09 Å². The lowest BCUT2D eigenvalue weighted by Crippen LogP contribution is -2.49. The van der Waals surface area contributed by atoms with Gasteiger partial charge in [0.05, 0.1) is 12.7 Å². The Hall–Kier alpha value is -4.21. The van der Waals surface area contributed by atoms with E-state index in [-0.39, 0.29) is 17.8 Å². The van der Waals surface area contributed by atoms with Crippen molar-refractivity contribution in [2.45, 2.75) is 13.0 Å². The summed E-state index contributed by atoms with van der Waals surface area (Å²) in [7, 11) is 1.37. The number of piperazine rings is 1. The van der Waals surface area contributed by atoms with Crippen LogP contribution in [0.2, 0.25) is 0 Å². The summed E-state index contributed by atoms with van der Waals surface area (Å²) in [6.45, 7) is 3.04. The summed E-state index contributed by atoms with van der Waals surface area (Å²) in [5.41, 5.74) is 2.15. The minimum Gasteiger partial charge on any atom is -0.453 e. The highest BCUT2D eigenvalue weighted by Gasteiger charge is 2.23. The molecule has 9 nitrogen and oxygen atoms in total. The van der Waals surface area contributed by atoms with E-state index >= 15 is 0 Å². The molecular weight excluding hydrogens is 463 g/mol. The molecule has 36 heavy (non-hydrogen) atoms. The zero-order valence-corrected chi connectivity index (χ0v) is 20.1. The molecule has 1 aromatic carbocycles. The Morgan fingerprint density at radius 2 is 1.86 bits per heavy atom. The summed E-state index contributed by atoms with van der Waals surface area (Å²) in [5.74, 6) is 0.607. The fourth-order valence-electron chi connectivity index (χ4n) is 3.99. The number of aromatic nitrogens is 2. The highest BCUT2D eigenvalue weighted by atomic mass is 19.1. The van der Waals surface area contributed by atoms with Gasteiger partial charge in [-0.05, 0) is 47.9 Å². The molecule has 0 bridgehead atoms. The van der Waals surface area contributed by atoms with E-state index in [9.17, 15) is 14.0 Å². The van der Waals surface area contributed by atoms with E-state index in [0.29, 0.717) is 62.9 Å². The van der Waals surface area contributed by atoms with Gasteiger partial charge in [-0.3, -0.25) is 9.78 Å². The van der Waals surface area contributed by atoms with Crippen molar-refractivity contribution in [3.63, 3.8) is 0 Å². The average molecular weight is 493 g/mol. The van der Waals surface area contributed by atoms with Crippen LogP contribution >= 0.6 is 0 Å². The van der Waals surface area contributed by atoms with Crippen LogP contribution in [0.15, 0.2) is 60.9 Å². The van der Waals surface area contributed by atoms with Crippen molar-refractivity contribution < 1.29 is 18.7 Å². The first-order valence-electron chi connectivity index (χ1n) is 11.8. The average Bonchev–Trinajstić information content (AvgIpc) is 2.92. The van der Waals surface area contributed by atoms with Crippen LogP contribution in [-0.2, 0) is 17.7 Å². The molecule has 10 heteroatoms. The number of pyridine rings is 2. The maximum absolute atomic E-state index is 13.5. The second-order valence-electron chi connectivity index (χ2n) is 8.36. The van der Waals surface area contributed by atoms with Crippen LogP contribution in [0.1, 0.15) is 21.5 Å². The predicted octanol–water partition coefficient (Wildman–Crippen LogP) is 3.09. The van der Waals surface area contributed by atoms with Crippen molar-refractivity contribution in [1.82, 2.24) is 20.2 Å². The number of anilines is 2. The molecule has 0 spiro atoms. The number of rotatable bonds is 8. The number of carbonyl (C=O) groups excluding carboxylic acids is 2. The van der Waals surface area contributed by atoms with Crippen LogP contribution in [-0.4, -0.2) is 66.7 Å². The van der Waals surface area contributed by atoms with Crippen molar-refractivity contribution in [1.29, 1.82) is 0 Å². The van der Waals surface area contributed by atoms with E-state index in [1.165, 1.54) is 19.2 Å². The Balaban J connectivity index is 1.48. The first kappa shape index (κ1) is 24.9. The van der Waals surface area contributed by atoms with Gasteiger partial charge in [-0.25, -0.2) is 14.2 Å². The number of amides is 2. The third-order valence-electron chi connectivity index (χ3n) is 5.93. The molecule has 1 aliphatic rings. The standard InChI is InChI=1S/C26H29FN6O3/c1-36-26(35)33-14-12-32(13-15-33)23-8-7-22(25(34)30-18-20-5-3-10-28-17-20)24(31-23)29-11-9-19-4-2-6-21(27)16-19/h2-8,10,16-17H,9,11-15,18H2,1H3,(H,29,31)(H,30,34). The van der Waals surface area contributed by atoms with Gasteiger partial charge in [0.15, 0.2) is 0 Å². The van der Waals surface area contributed by atoms with Crippen molar-refractivity contribution in [2.24, 2.45) is 0 Å². The highest BCUT2D eigenvalue weighted by Crippen LogP contribution is 2.21. The Labute approximate surface area is 209 Å². The summed E-state index contributed by atoms with van der Waals surface area (Å²) >= 11 is 0. The number of carbonyl (C=O) groups is 2. The fourth-order valence-corrected chi connectivity index (χ4v) is 3.99. The summed E-state index contributed by atoms with van der Waals surface area (Å²) in [6.07, 6.45) is 3.61.